The molecule has 0 bridgehead atoms. The fourth-order valence-electron chi connectivity index (χ4n) is 1.60. The zero-order valence-corrected chi connectivity index (χ0v) is 10.1. The molecule has 0 fully saturated rings. The Morgan fingerprint density at radius 3 is 3.00 bits per heavy atom. The van der Waals surface area contributed by atoms with Gasteiger partial charge in [-0.3, -0.25) is 4.79 Å². The van der Waals surface area contributed by atoms with Crippen LogP contribution in [0.3, 0.4) is 0 Å². The Bertz CT molecular complexity index is 385. The molecule has 1 rings (SSSR count). The van der Waals surface area contributed by atoms with Gasteiger partial charge in [-0.05, 0) is 24.0 Å². The van der Waals surface area contributed by atoms with Crippen molar-refractivity contribution in [2.75, 3.05) is 7.11 Å². The number of hydrogen-bond donors (Lipinski definition) is 1. The molecule has 1 N–H and O–H groups in total. The monoisotopic (exact) mass is 234 g/mol. The molecule has 1 unspecified atom stereocenters. The number of rotatable bonds is 6. The van der Waals surface area contributed by atoms with Gasteiger partial charge in [0.1, 0.15) is 0 Å². The van der Waals surface area contributed by atoms with Crippen LogP contribution in [0.1, 0.15) is 30.1 Å². The van der Waals surface area contributed by atoms with E-state index in [2.05, 4.69) is 11.3 Å². The zero-order valence-electron chi connectivity index (χ0n) is 10.1. The summed E-state index contributed by atoms with van der Waals surface area (Å²) in [5.41, 5.74) is 1.88. The van der Waals surface area contributed by atoms with E-state index in [1.165, 1.54) is 7.11 Å². The molecule has 3 heteroatoms. The number of aryl methyl sites for hydroxylation is 1. The van der Waals surface area contributed by atoms with E-state index in [9.17, 15) is 9.90 Å². The summed E-state index contributed by atoms with van der Waals surface area (Å²) < 4.78 is 4.59. The van der Waals surface area contributed by atoms with Crippen molar-refractivity contribution in [3.8, 4) is 0 Å². The van der Waals surface area contributed by atoms with Crippen molar-refractivity contribution in [3.05, 3.63) is 48.0 Å². The van der Waals surface area contributed by atoms with Crippen LogP contribution in [0.15, 0.2) is 36.9 Å². The molecule has 0 spiro atoms. The van der Waals surface area contributed by atoms with Gasteiger partial charge in [0.2, 0.25) is 0 Å². The average Bonchev–Trinajstić information content (AvgIpc) is 2.36. The SMILES string of the molecule is C=CCC(O)c1cccc(CCC(=O)OC)c1. The van der Waals surface area contributed by atoms with Gasteiger partial charge in [-0.2, -0.15) is 0 Å². The number of carbonyl (C=O) groups is 1. The van der Waals surface area contributed by atoms with E-state index in [1.807, 2.05) is 24.3 Å². The predicted molar refractivity (Wildman–Crippen MR) is 66.6 cm³/mol. The first-order valence-electron chi connectivity index (χ1n) is 5.62. The molecule has 0 amide bonds. The minimum absolute atomic E-state index is 0.220. The van der Waals surface area contributed by atoms with E-state index in [-0.39, 0.29) is 5.97 Å². The third kappa shape index (κ3) is 4.41. The number of ether oxygens (including phenoxy) is 1. The molecular formula is C14H18O3. The van der Waals surface area contributed by atoms with Gasteiger partial charge in [0.05, 0.1) is 13.2 Å². The summed E-state index contributed by atoms with van der Waals surface area (Å²) in [7, 11) is 1.38. The molecule has 0 saturated heterocycles. The van der Waals surface area contributed by atoms with Crippen molar-refractivity contribution in [1.29, 1.82) is 0 Å². The maximum Gasteiger partial charge on any atom is 0.305 e. The first-order valence-corrected chi connectivity index (χ1v) is 5.62. The number of hydrogen-bond acceptors (Lipinski definition) is 3. The molecule has 0 radical (unpaired) electrons. The topological polar surface area (TPSA) is 46.5 Å². The third-order valence-electron chi connectivity index (χ3n) is 2.57. The van der Waals surface area contributed by atoms with Crippen LogP contribution in [0.25, 0.3) is 0 Å². The molecule has 0 aliphatic heterocycles. The Labute approximate surface area is 102 Å². The van der Waals surface area contributed by atoms with Gasteiger partial charge in [-0.25, -0.2) is 0 Å². The fourth-order valence-corrected chi connectivity index (χ4v) is 1.60. The fraction of sp³-hybridized carbons (Fsp3) is 0.357. The lowest BCUT2D eigenvalue weighted by Crippen LogP contribution is -2.03. The molecule has 1 aromatic carbocycles. The maximum atomic E-state index is 11.0. The second-order valence-electron chi connectivity index (χ2n) is 3.86. The molecular weight excluding hydrogens is 216 g/mol. The van der Waals surface area contributed by atoms with E-state index in [0.29, 0.717) is 19.3 Å². The zero-order chi connectivity index (χ0) is 12.7. The minimum Gasteiger partial charge on any atom is -0.469 e. The van der Waals surface area contributed by atoms with E-state index < -0.39 is 6.10 Å². The normalized spacial score (nSPS) is 11.9. The van der Waals surface area contributed by atoms with Crippen LogP contribution >= 0.6 is 0 Å². The molecule has 0 heterocycles. The minimum atomic E-state index is -0.523. The Morgan fingerprint density at radius 1 is 1.59 bits per heavy atom. The number of esters is 1. The van der Waals surface area contributed by atoms with Crippen LogP contribution < -0.4 is 0 Å². The second kappa shape index (κ2) is 6.86. The van der Waals surface area contributed by atoms with E-state index in [0.717, 1.165) is 11.1 Å². The molecule has 0 saturated carbocycles. The van der Waals surface area contributed by atoms with Gasteiger partial charge in [0, 0.05) is 6.42 Å². The Hall–Kier alpha value is -1.61. The molecule has 0 aliphatic rings. The van der Waals surface area contributed by atoms with Crippen molar-refractivity contribution in [1.82, 2.24) is 0 Å². The first-order chi connectivity index (χ1) is 8.17. The van der Waals surface area contributed by atoms with Crippen LogP contribution in [0.5, 0.6) is 0 Å². The summed E-state index contributed by atoms with van der Waals surface area (Å²) in [6.07, 6.45) is 2.68. The average molecular weight is 234 g/mol. The van der Waals surface area contributed by atoms with Crippen LogP contribution in [-0.4, -0.2) is 18.2 Å². The first kappa shape index (κ1) is 13.5. The predicted octanol–water partition coefficient (Wildman–Crippen LogP) is 2.40. The van der Waals surface area contributed by atoms with Gasteiger partial charge in [-0.1, -0.05) is 30.3 Å². The van der Waals surface area contributed by atoms with Crippen LogP contribution in [0, 0.1) is 0 Å². The number of aliphatic hydroxyl groups excluding tert-OH is 1. The number of carbonyl (C=O) groups excluding carboxylic acids is 1. The molecule has 0 aliphatic carbocycles. The molecule has 1 aromatic rings. The molecule has 0 aromatic heterocycles. The lowest BCUT2D eigenvalue weighted by atomic mass is 10.0. The van der Waals surface area contributed by atoms with Crippen molar-refractivity contribution < 1.29 is 14.6 Å². The lowest BCUT2D eigenvalue weighted by Gasteiger charge is -2.10. The smallest absolute Gasteiger partial charge is 0.305 e. The largest absolute Gasteiger partial charge is 0.469 e. The molecule has 17 heavy (non-hydrogen) atoms. The number of methoxy groups -OCH3 is 1. The maximum absolute atomic E-state index is 11.0. The highest BCUT2D eigenvalue weighted by Gasteiger charge is 2.07. The van der Waals surface area contributed by atoms with Gasteiger partial charge in [0.25, 0.3) is 0 Å². The van der Waals surface area contributed by atoms with Crippen molar-refractivity contribution in [2.45, 2.75) is 25.4 Å². The summed E-state index contributed by atoms with van der Waals surface area (Å²) in [6, 6.07) is 7.61. The quantitative estimate of drug-likeness (QED) is 0.607. The van der Waals surface area contributed by atoms with E-state index in [1.54, 1.807) is 6.08 Å². The molecule has 3 nitrogen and oxygen atoms in total. The summed E-state index contributed by atoms with van der Waals surface area (Å²) in [5, 5.41) is 9.81. The van der Waals surface area contributed by atoms with E-state index >= 15 is 0 Å². The summed E-state index contributed by atoms with van der Waals surface area (Å²) in [5.74, 6) is -0.220. The highest BCUT2D eigenvalue weighted by molar-refractivity contribution is 5.69. The van der Waals surface area contributed by atoms with Crippen LogP contribution in [-0.2, 0) is 16.0 Å². The van der Waals surface area contributed by atoms with Crippen molar-refractivity contribution in [2.24, 2.45) is 0 Å². The molecule has 92 valence electrons. The van der Waals surface area contributed by atoms with E-state index in [4.69, 9.17) is 0 Å². The van der Waals surface area contributed by atoms with Crippen molar-refractivity contribution in [3.63, 3.8) is 0 Å². The standard InChI is InChI=1S/C14H18O3/c1-3-5-13(15)12-7-4-6-11(10-12)8-9-14(16)17-2/h3-4,6-7,10,13,15H,1,5,8-9H2,2H3. The summed E-state index contributed by atoms with van der Waals surface area (Å²) >= 11 is 0. The Morgan fingerprint density at radius 2 is 2.35 bits per heavy atom. The van der Waals surface area contributed by atoms with Crippen LogP contribution in [0.4, 0.5) is 0 Å². The second-order valence-corrected chi connectivity index (χ2v) is 3.86. The molecule has 1 atom stereocenters. The Balaban J connectivity index is 2.65. The number of aliphatic hydroxyl groups is 1. The Kier molecular flexibility index (Phi) is 5.43. The van der Waals surface area contributed by atoms with Gasteiger partial charge >= 0.3 is 5.97 Å². The highest BCUT2D eigenvalue weighted by Crippen LogP contribution is 2.18. The van der Waals surface area contributed by atoms with Crippen molar-refractivity contribution >= 4 is 5.97 Å². The summed E-state index contributed by atoms with van der Waals surface area (Å²) in [4.78, 5) is 11.0. The van der Waals surface area contributed by atoms with Gasteiger partial charge in [0.15, 0.2) is 0 Å². The lowest BCUT2D eigenvalue weighted by molar-refractivity contribution is -0.140. The number of benzene rings is 1. The van der Waals surface area contributed by atoms with Gasteiger partial charge < -0.3 is 9.84 Å². The van der Waals surface area contributed by atoms with Crippen LogP contribution in [0.2, 0.25) is 0 Å². The highest BCUT2D eigenvalue weighted by atomic mass is 16.5. The van der Waals surface area contributed by atoms with Gasteiger partial charge in [-0.15, -0.1) is 6.58 Å². The third-order valence-corrected chi connectivity index (χ3v) is 2.57. The summed E-state index contributed by atoms with van der Waals surface area (Å²) in [6.45, 7) is 3.60.